The average Bonchev–Trinajstić information content (AvgIpc) is 3.12. The van der Waals surface area contributed by atoms with Gasteiger partial charge in [0.2, 0.25) is 0 Å². The third kappa shape index (κ3) is 6.23. The maximum Gasteiger partial charge on any atom is 0.285 e. The molecule has 0 bridgehead atoms. The molecule has 1 aliphatic rings. The number of halogens is 2. The highest BCUT2D eigenvalue weighted by Gasteiger charge is 2.33. The van der Waals surface area contributed by atoms with Gasteiger partial charge in [0.25, 0.3) is 11.8 Å². The van der Waals surface area contributed by atoms with Crippen LogP contribution in [0.2, 0.25) is 5.02 Å². The Morgan fingerprint density at radius 1 is 1.08 bits per heavy atom. The first-order valence-electron chi connectivity index (χ1n) is 10.8. The van der Waals surface area contributed by atoms with E-state index in [4.69, 9.17) is 33.3 Å². The quantitative estimate of drug-likeness (QED) is 0.278. The first-order valence-corrected chi connectivity index (χ1v) is 12.4. The van der Waals surface area contributed by atoms with E-state index in [0.29, 0.717) is 39.2 Å². The predicted molar refractivity (Wildman–Crippen MR) is 142 cm³/mol. The third-order valence-corrected chi connectivity index (χ3v) is 6.54. The van der Waals surface area contributed by atoms with Crippen molar-refractivity contribution < 1.29 is 23.5 Å². The molecule has 10 heteroatoms. The van der Waals surface area contributed by atoms with Crippen LogP contribution in [0.25, 0.3) is 6.08 Å². The summed E-state index contributed by atoms with van der Waals surface area (Å²) in [5.74, 6) is -0.221. The van der Waals surface area contributed by atoms with Crippen LogP contribution in [0.1, 0.15) is 28.4 Å². The predicted octanol–water partition coefficient (Wildman–Crippen LogP) is 6.00. The number of ether oxygens (including phenoxy) is 2. The van der Waals surface area contributed by atoms with Crippen molar-refractivity contribution in [3.8, 4) is 11.5 Å². The Kier molecular flexibility index (Phi) is 8.25. The summed E-state index contributed by atoms with van der Waals surface area (Å²) in [6.07, 6.45) is 1.67. The lowest BCUT2D eigenvalue weighted by atomic mass is 10.1. The number of amides is 2. The van der Waals surface area contributed by atoms with Crippen molar-refractivity contribution in [1.82, 2.24) is 10.4 Å². The van der Waals surface area contributed by atoms with E-state index < -0.39 is 11.8 Å². The average molecular weight is 543 g/mol. The van der Waals surface area contributed by atoms with Gasteiger partial charge in [-0.3, -0.25) is 15.0 Å². The lowest BCUT2D eigenvalue weighted by Gasteiger charge is -2.15. The van der Waals surface area contributed by atoms with Gasteiger partial charge in [-0.25, -0.2) is 4.39 Å². The molecule has 184 valence electrons. The van der Waals surface area contributed by atoms with Gasteiger partial charge in [-0.1, -0.05) is 41.6 Å². The van der Waals surface area contributed by atoms with Crippen LogP contribution in [-0.2, 0) is 11.4 Å². The van der Waals surface area contributed by atoms with Crippen LogP contribution in [-0.4, -0.2) is 27.8 Å². The van der Waals surface area contributed by atoms with E-state index in [1.165, 1.54) is 12.1 Å². The summed E-state index contributed by atoms with van der Waals surface area (Å²) in [5.41, 5.74) is 4.38. The number of carbonyl (C=O) groups is 2. The maximum atomic E-state index is 13.1. The Hall–Kier alpha value is -3.40. The molecule has 36 heavy (non-hydrogen) atoms. The number of hydrogen-bond donors (Lipinski definition) is 1. The summed E-state index contributed by atoms with van der Waals surface area (Å²) in [4.78, 5) is 25.8. The van der Waals surface area contributed by atoms with Gasteiger partial charge in [0.15, 0.2) is 15.8 Å². The van der Waals surface area contributed by atoms with Gasteiger partial charge in [0.1, 0.15) is 12.4 Å². The van der Waals surface area contributed by atoms with E-state index in [2.05, 4.69) is 5.43 Å². The molecule has 1 fully saturated rings. The van der Waals surface area contributed by atoms with Crippen LogP contribution in [0.4, 0.5) is 4.39 Å². The largest absolute Gasteiger partial charge is 0.490 e. The molecule has 0 saturated carbocycles. The summed E-state index contributed by atoms with van der Waals surface area (Å²) in [6.45, 7) is 2.51. The molecule has 2 amide bonds. The molecule has 0 spiro atoms. The molecular weight excluding hydrogens is 523 g/mol. The highest BCUT2D eigenvalue weighted by molar-refractivity contribution is 8.26. The summed E-state index contributed by atoms with van der Waals surface area (Å²) < 4.78 is 24.9. The number of thioether (sulfide) groups is 1. The minimum absolute atomic E-state index is 0.206. The Morgan fingerprint density at radius 3 is 2.50 bits per heavy atom. The summed E-state index contributed by atoms with van der Waals surface area (Å²) >= 11 is 12.2. The number of benzene rings is 3. The van der Waals surface area contributed by atoms with Crippen LogP contribution in [0.3, 0.4) is 0 Å². The summed E-state index contributed by atoms with van der Waals surface area (Å²) in [7, 11) is 0. The molecule has 1 heterocycles. The molecule has 0 aliphatic carbocycles. The minimum atomic E-state index is -0.481. The van der Waals surface area contributed by atoms with Crippen LogP contribution in [0, 0.1) is 5.82 Å². The third-order valence-electron chi connectivity index (χ3n) is 4.99. The van der Waals surface area contributed by atoms with Gasteiger partial charge >= 0.3 is 0 Å². The Morgan fingerprint density at radius 2 is 1.81 bits per heavy atom. The molecule has 0 radical (unpaired) electrons. The standard InChI is InChI=1S/C26H20ClFN2O4S2/c1-2-33-22-13-17(5-12-21(22)34-15-16-3-10-20(28)11-4-16)14-23-25(32)30(26(35)36-23)29-24(31)18-6-8-19(27)9-7-18/h3-14H,2,15H2,1H3,(H,29,31)/b23-14-. The SMILES string of the molecule is CCOc1cc(/C=C2\SC(=S)N(NC(=O)c3ccc(Cl)cc3)C2=O)ccc1OCc1ccc(F)cc1. The molecule has 4 rings (SSSR count). The fourth-order valence-corrected chi connectivity index (χ4v) is 4.53. The highest BCUT2D eigenvalue weighted by Crippen LogP contribution is 2.34. The minimum Gasteiger partial charge on any atom is -0.490 e. The number of carbonyl (C=O) groups excluding carboxylic acids is 2. The zero-order valence-electron chi connectivity index (χ0n) is 19.0. The van der Waals surface area contributed by atoms with Gasteiger partial charge in [0, 0.05) is 10.6 Å². The molecular formula is C26H20ClFN2O4S2. The van der Waals surface area contributed by atoms with Gasteiger partial charge in [-0.05, 0) is 84.9 Å². The lowest BCUT2D eigenvalue weighted by molar-refractivity contribution is -0.123. The second-order valence-corrected chi connectivity index (χ2v) is 9.63. The number of nitrogens with one attached hydrogen (secondary N) is 1. The van der Waals surface area contributed by atoms with E-state index in [1.807, 2.05) is 6.92 Å². The van der Waals surface area contributed by atoms with Crippen molar-refractivity contribution in [3.05, 3.63) is 99.2 Å². The van der Waals surface area contributed by atoms with E-state index in [1.54, 1.807) is 60.7 Å². The zero-order valence-corrected chi connectivity index (χ0v) is 21.4. The molecule has 1 N–H and O–H groups in total. The van der Waals surface area contributed by atoms with E-state index >= 15 is 0 Å². The van der Waals surface area contributed by atoms with Crippen LogP contribution in [0.15, 0.2) is 71.6 Å². The molecule has 1 aliphatic heterocycles. The number of rotatable bonds is 8. The zero-order chi connectivity index (χ0) is 25.7. The molecule has 3 aromatic carbocycles. The van der Waals surface area contributed by atoms with E-state index in [9.17, 15) is 14.0 Å². The topological polar surface area (TPSA) is 67.9 Å². The monoisotopic (exact) mass is 542 g/mol. The normalized spacial score (nSPS) is 14.3. The molecule has 0 unspecified atom stereocenters. The second-order valence-electron chi connectivity index (χ2n) is 7.52. The van der Waals surface area contributed by atoms with Gasteiger partial charge in [-0.15, -0.1) is 0 Å². The maximum absolute atomic E-state index is 13.1. The van der Waals surface area contributed by atoms with Crippen LogP contribution >= 0.6 is 35.6 Å². The fourth-order valence-electron chi connectivity index (χ4n) is 3.23. The second kappa shape index (κ2) is 11.6. The van der Waals surface area contributed by atoms with E-state index in [0.717, 1.165) is 22.3 Å². The smallest absolute Gasteiger partial charge is 0.285 e. The highest BCUT2D eigenvalue weighted by atomic mass is 35.5. The van der Waals surface area contributed by atoms with Crippen molar-refractivity contribution >= 4 is 57.8 Å². The first kappa shape index (κ1) is 25.7. The number of nitrogens with zero attached hydrogens (tertiary/aromatic N) is 1. The fraction of sp³-hybridized carbons (Fsp3) is 0.115. The summed E-state index contributed by atoms with van der Waals surface area (Å²) in [6, 6.07) is 17.6. The van der Waals surface area contributed by atoms with Crippen molar-refractivity contribution in [2.24, 2.45) is 0 Å². The molecule has 3 aromatic rings. The van der Waals surface area contributed by atoms with Gasteiger partial charge in [-0.2, -0.15) is 5.01 Å². The van der Waals surface area contributed by atoms with Crippen molar-refractivity contribution in [2.45, 2.75) is 13.5 Å². The number of thiocarbonyl (C=S) groups is 1. The number of hydrogen-bond acceptors (Lipinski definition) is 6. The van der Waals surface area contributed by atoms with Gasteiger partial charge in [0.05, 0.1) is 11.5 Å². The summed E-state index contributed by atoms with van der Waals surface area (Å²) in [5, 5.41) is 1.55. The van der Waals surface area contributed by atoms with Crippen LogP contribution < -0.4 is 14.9 Å². The van der Waals surface area contributed by atoms with Crippen molar-refractivity contribution in [3.63, 3.8) is 0 Å². The number of hydrazine groups is 1. The van der Waals surface area contributed by atoms with Crippen molar-refractivity contribution in [1.29, 1.82) is 0 Å². The first-order chi connectivity index (χ1) is 17.3. The molecule has 1 saturated heterocycles. The molecule has 0 atom stereocenters. The van der Waals surface area contributed by atoms with Crippen LogP contribution in [0.5, 0.6) is 11.5 Å². The van der Waals surface area contributed by atoms with Gasteiger partial charge < -0.3 is 9.47 Å². The molecule has 6 nitrogen and oxygen atoms in total. The Balaban J connectivity index is 1.48. The van der Waals surface area contributed by atoms with E-state index in [-0.39, 0.29) is 16.7 Å². The lowest BCUT2D eigenvalue weighted by Crippen LogP contribution is -2.44. The molecule has 0 aromatic heterocycles. The Labute approximate surface area is 222 Å². The Bertz CT molecular complexity index is 1330. The van der Waals surface area contributed by atoms with Crippen molar-refractivity contribution in [2.75, 3.05) is 6.61 Å².